The number of carbonyl (C=O) groups is 2. The van der Waals surface area contributed by atoms with Crippen molar-refractivity contribution in [2.24, 2.45) is 13.0 Å². The lowest BCUT2D eigenvalue weighted by molar-refractivity contribution is -0.168. The van der Waals surface area contributed by atoms with Gasteiger partial charge in [0.1, 0.15) is 12.3 Å². The molecule has 2 rings (SSSR count). The van der Waals surface area contributed by atoms with Crippen LogP contribution in [-0.4, -0.2) is 47.1 Å². The summed E-state index contributed by atoms with van der Waals surface area (Å²) in [5.74, 6) is -4.97. The Kier molecular flexibility index (Phi) is 8.14. The summed E-state index contributed by atoms with van der Waals surface area (Å²) in [5, 5.41) is 9.34. The van der Waals surface area contributed by atoms with E-state index in [1.54, 1.807) is 7.05 Å². The summed E-state index contributed by atoms with van der Waals surface area (Å²) in [4.78, 5) is 25.0. The quantitative estimate of drug-likeness (QED) is 0.550. The first-order chi connectivity index (χ1) is 14.5. The van der Waals surface area contributed by atoms with Crippen LogP contribution in [0.5, 0.6) is 0 Å². The van der Waals surface area contributed by atoms with Gasteiger partial charge in [-0.15, -0.1) is 0 Å². The summed E-state index contributed by atoms with van der Waals surface area (Å²) in [5.41, 5.74) is 0.882. The van der Waals surface area contributed by atoms with Crippen LogP contribution in [-0.2, 0) is 18.4 Å². The smallest absolute Gasteiger partial charge is 0.330 e. The molecular formula is C20H24F4N4O3. The Morgan fingerprint density at radius 2 is 1.94 bits per heavy atom. The molecule has 1 heterocycles. The third kappa shape index (κ3) is 6.78. The van der Waals surface area contributed by atoms with Crippen LogP contribution in [0.25, 0.3) is 0 Å². The lowest BCUT2D eigenvalue weighted by Crippen LogP contribution is -2.32. The largest absolute Gasteiger partial charge is 0.370 e. The molecule has 0 aliphatic carbocycles. The first-order valence-corrected chi connectivity index (χ1v) is 9.45. The minimum Gasteiger partial charge on any atom is -0.370 e. The van der Waals surface area contributed by atoms with E-state index in [4.69, 9.17) is 0 Å². The number of nitrogens with zero attached hydrogens (tertiary/aromatic N) is 2. The molecule has 0 fully saturated rings. The number of ether oxygens (including phenoxy) is 1. The number of amides is 2. The molecule has 0 aliphatic heterocycles. The van der Waals surface area contributed by atoms with E-state index in [0.29, 0.717) is 12.1 Å². The van der Waals surface area contributed by atoms with Crippen molar-refractivity contribution >= 4 is 17.5 Å². The first kappa shape index (κ1) is 24.3. The van der Waals surface area contributed by atoms with E-state index < -0.39 is 30.8 Å². The second-order valence-electron chi connectivity index (χ2n) is 7.34. The van der Waals surface area contributed by atoms with E-state index in [1.807, 2.05) is 13.8 Å². The molecule has 0 unspecified atom stereocenters. The molecule has 0 spiro atoms. The Labute approximate surface area is 176 Å². The van der Waals surface area contributed by atoms with Gasteiger partial charge < -0.3 is 15.4 Å². The van der Waals surface area contributed by atoms with Crippen LogP contribution in [0.4, 0.5) is 23.2 Å². The van der Waals surface area contributed by atoms with Gasteiger partial charge in [0.25, 0.3) is 11.8 Å². The summed E-state index contributed by atoms with van der Waals surface area (Å²) in [7, 11) is 1.56. The number of benzene rings is 1. The maximum absolute atomic E-state index is 12.9. The third-order valence-electron chi connectivity index (χ3n) is 4.14. The zero-order chi connectivity index (χ0) is 23.2. The Morgan fingerprint density at radius 1 is 1.23 bits per heavy atom. The molecule has 1 aromatic heterocycles. The number of anilines is 1. The molecular weight excluding hydrogens is 420 g/mol. The van der Waals surface area contributed by atoms with Crippen LogP contribution in [0.1, 0.15) is 40.3 Å². The van der Waals surface area contributed by atoms with Crippen LogP contribution >= 0.6 is 0 Å². The highest BCUT2D eigenvalue weighted by molar-refractivity contribution is 6.08. The van der Waals surface area contributed by atoms with E-state index in [-0.39, 0.29) is 29.5 Å². The van der Waals surface area contributed by atoms with Crippen molar-refractivity contribution in [2.75, 3.05) is 18.5 Å². The minimum absolute atomic E-state index is 0.166. The number of alkyl halides is 4. The molecule has 2 amide bonds. The van der Waals surface area contributed by atoms with Crippen LogP contribution in [0.15, 0.2) is 30.5 Å². The third-order valence-corrected chi connectivity index (χ3v) is 4.14. The van der Waals surface area contributed by atoms with Crippen LogP contribution in [0.3, 0.4) is 0 Å². The number of halogens is 4. The number of nitrogens with one attached hydrogen (secondary N) is 2. The van der Waals surface area contributed by atoms with Crippen molar-refractivity contribution in [3.63, 3.8) is 0 Å². The van der Waals surface area contributed by atoms with Crippen molar-refractivity contribution < 1.29 is 31.9 Å². The SMILES string of the molecule is CC(C)CNC(=O)c1c(NC(=O)c2cccc(COCC(F)(F)C(F)F)c2)cnn1C. The average Bonchev–Trinajstić information content (AvgIpc) is 3.06. The Morgan fingerprint density at radius 3 is 2.58 bits per heavy atom. The molecule has 7 nitrogen and oxygen atoms in total. The number of rotatable bonds is 10. The lowest BCUT2D eigenvalue weighted by atomic mass is 10.1. The lowest BCUT2D eigenvalue weighted by Gasteiger charge is -2.15. The number of carbonyl (C=O) groups excluding carboxylic acids is 2. The molecule has 31 heavy (non-hydrogen) atoms. The van der Waals surface area contributed by atoms with Crippen molar-refractivity contribution in [3.05, 3.63) is 47.3 Å². The predicted molar refractivity (Wildman–Crippen MR) is 105 cm³/mol. The van der Waals surface area contributed by atoms with Crippen molar-refractivity contribution in [3.8, 4) is 0 Å². The highest BCUT2D eigenvalue weighted by Crippen LogP contribution is 2.23. The van der Waals surface area contributed by atoms with Gasteiger partial charge in [-0.3, -0.25) is 14.3 Å². The van der Waals surface area contributed by atoms with Gasteiger partial charge >= 0.3 is 12.3 Å². The van der Waals surface area contributed by atoms with Gasteiger partial charge in [-0.25, -0.2) is 8.78 Å². The van der Waals surface area contributed by atoms with Crippen LogP contribution in [0, 0.1) is 5.92 Å². The van der Waals surface area contributed by atoms with Gasteiger partial charge in [0, 0.05) is 19.2 Å². The molecule has 2 aromatic rings. The molecule has 0 saturated heterocycles. The zero-order valence-electron chi connectivity index (χ0n) is 17.3. The van der Waals surface area contributed by atoms with Gasteiger partial charge in [-0.1, -0.05) is 26.0 Å². The average molecular weight is 444 g/mol. The number of hydrogen-bond acceptors (Lipinski definition) is 4. The zero-order valence-corrected chi connectivity index (χ0v) is 17.3. The van der Waals surface area contributed by atoms with E-state index in [9.17, 15) is 27.2 Å². The molecule has 0 saturated carbocycles. The fourth-order valence-electron chi connectivity index (χ4n) is 2.54. The summed E-state index contributed by atoms with van der Waals surface area (Å²) in [6, 6.07) is 5.86. The summed E-state index contributed by atoms with van der Waals surface area (Å²) < 4.78 is 56.2. The molecule has 1 aromatic carbocycles. The second-order valence-corrected chi connectivity index (χ2v) is 7.34. The van der Waals surface area contributed by atoms with Crippen molar-refractivity contribution in [1.29, 1.82) is 0 Å². The van der Waals surface area contributed by atoms with Gasteiger partial charge in [0.05, 0.1) is 18.5 Å². The van der Waals surface area contributed by atoms with Gasteiger partial charge in [-0.05, 0) is 23.6 Å². The predicted octanol–water partition coefficient (Wildman–Crippen LogP) is 3.48. The van der Waals surface area contributed by atoms with E-state index in [2.05, 4.69) is 20.5 Å². The van der Waals surface area contributed by atoms with Crippen LogP contribution < -0.4 is 10.6 Å². The molecule has 0 bridgehead atoms. The maximum Gasteiger partial charge on any atom is 0.330 e. The molecule has 0 radical (unpaired) electrons. The van der Waals surface area contributed by atoms with Crippen LogP contribution in [0.2, 0.25) is 0 Å². The Bertz CT molecular complexity index is 916. The minimum atomic E-state index is -4.25. The maximum atomic E-state index is 12.9. The molecule has 170 valence electrons. The monoisotopic (exact) mass is 444 g/mol. The second kappa shape index (κ2) is 10.4. The normalized spacial score (nSPS) is 11.8. The number of hydrogen-bond donors (Lipinski definition) is 2. The fourth-order valence-corrected chi connectivity index (χ4v) is 2.54. The number of aromatic nitrogens is 2. The van der Waals surface area contributed by atoms with E-state index in [0.717, 1.165) is 0 Å². The van der Waals surface area contributed by atoms with Crippen molar-refractivity contribution in [1.82, 2.24) is 15.1 Å². The summed E-state index contributed by atoms with van der Waals surface area (Å²) in [6.45, 7) is 2.52. The highest BCUT2D eigenvalue weighted by Gasteiger charge is 2.40. The van der Waals surface area contributed by atoms with Gasteiger partial charge in [0.15, 0.2) is 0 Å². The topological polar surface area (TPSA) is 85.2 Å². The molecule has 0 atom stereocenters. The Balaban J connectivity index is 2.05. The highest BCUT2D eigenvalue weighted by atomic mass is 19.3. The Hall–Kier alpha value is -2.95. The molecule has 2 N–H and O–H groups in total. The van der Waals surface area contributed by atoms with Crippen molar-refractivity contribution in [2.45, 2.75) is 32.8 Å². The van der Waals surface area contributed by atoms with Gasteiger partial charge in [-0.2, -0.15) is 13.9 Å². The van der Waals surface area contributed by atoms with E-state index >= 15 is 0 Å². The van der Waals surface area contributed by atoms with Gasteiger partial charge in [0.2, 0.25) is 0 Å². The van der Waals surface area contributed by atoms with E-state index in [1.165, 1.54) is 35.1 Å². The number of aryl methyl sites for hydroxylation is 1. The molecule has 0 aliphatic rings. The first-order valence-electron chi connectivity index (χ1n) is 9.45. The standard InChI is InChI=1S/C20H24F4N4O3/c1-12(2)8-25-18(30)16-15(9-26-28(16)3)27-17(29)14-6-4-5-13(7-14)10-31-11-20(23,24)19(21)22/h4-7,9,12,19H,8,10-11H2,1-3H3,(H,25,30)(H,27,29). The summed E-state index contributed by atoms with van der Waals surface area (Å²) in [6.07, 6.45) is -2.49. The molecule has 11 heteroatoms. The fraction of sp³-hybridized carbons (Fsp3) is 0.450. The summed E-state index contributed by atoms with van der Waals surface area (Å²) >= 11 is 0.